The second kappa shape index (κ2) is 5.77. The Bertz CT molecular complexity index is 666. The maximum atomic E-state index is 12.3. The highest BCUT2D eigenvalue weighted by Crippen LogP contribution is 2.41. The summed E-state index contributed by atoms with van der Waals surface area (Å²) in [5.74, 6) is -0.354. The van der Waals surface area contributed by atoms with E-state index in [2.05, 4.69) is 4.98 Å². The Labute approximate surface area is 133 Å². The van der Waals surface area contributed by atoms with Crippen LogP contribution in [0.2, 0.25) is 0 Å². The summed E-state index contributed by atoms with van der Waals surface area (Å²) in [7, 11) is 0. The number of aromatic nitrogens is 1. The molecule has 6 heteroatoms. The first-order chi connectivity index (χ1) is 9.73. The standard InChI is InChI=1S/C15H20N2O2S2/c1-6-9-11(16)13(14(18)19-15(3,4)5)21-12(9)10-7-17-8(2)20-10/h7H,6,16H2,1-5H3. The van der Waals surface area contributed by atoms with E-state index in [0.717, 1.165) is 26.7 Å². The molecular weight excluding hydrogens is 304 g/mol. The summed E-state index contributed by atoms with van der Waals surface area (Å²) in [6.07, 6.45) is 2.61. The molecule has 114 valence electrons. The van der Waals surface area contributed by atoms with E-state index < -0.39 is 5.60 Å². The van der Waals surface area contributed by atoms with Crippen molar-refractivity contribution in [3.63, 3.8) is 0 Å². The molecule has 0 amide bonds. The summed E-state index contributed by atoms with van der Waals surface area (Å²) in [6.45, 7) is 9.55. The Morgan fingerprint density at radius 3 is 2.52 bits per heavy atom. The zero-order chi connectivity index (χ0) is 15.8. The average molecular weight is 324 g/mol. The topological polar surface area (TPSA) is 65.2 Å². The van der Waals surface area contributed by atoms with Crippen molar-refractivity contribution in [3.8, 4) is 9.75 Å². The molecule has 0 unspecified atom stereocenters. The van der Waals surface area contributed by atoms with Gasteiger partial charge in [0, 0.05) is 6.20 Å². The summed E-state index contributed by atoms with van der Waals surface area (Å²) in [4.78, 5) is 19.1. The van der Waals surface area contributed by atoms with E-state index >= 15 is 0 Å². The average Bonchev–Trinajstić information content (AvgIpc) is 2.90. The van der Waals surface area contributed by atoms with Gasteiger partial charge in [-0.25, -0.2) is 9.78 Å². The fraction of sp³-hybridized carbons (Fsp3) is 0.467. The fourth-order valence-corrected chi connectivity index (χ4v) is 4.06. The third kappa shape index (κ3) is 3.44. The van der Waals surface area contributed by atoms with Crippen LogP contribution < -0.4 is 5.73 Å². The van der Waals surface area contributed by atoms with Crippen LogP contribution in [0.1, 0.15) is 47.9 Å². The number of esters is 1. The van der Waals surface area contributed by atoms with Crippen LogP contribution >= 0.6 is 22.7 Å². The number of nitrogens with two attached hydrogens (primary N) is 1. The number of carbonyl (C=O) groups is 1. The maximum Gasteiger partial charge on any atom is 0.351 e. The molecule has 2 heterocycles. The largest absolute Gasteiger partial charge is 0.456 e. The Morgan fingerprint density at radius 1 is 1.38 bits per heavy atom. The van der Waals surface area contributed by atoms with E-state index in [9.17, 15) is 4.79 Å². The van der Waals surface area contributed by atoms with Gasteiger partial charge in [0.1, 0.15) is 10.5 Å². The van der Waals surface area contributed by atoms with Crippen molar-refractivity contribution < 1.29 is 9.53 Å². The van der Waals surface area contributed by atoms with Crippen molar-refractivity contribution >= 4 is 34.3 Å². The van der Waals surface area contributed by atoms with Gasteiger partial charge in [-0.2, -0.15) is 0 Å². The maximum absolute atomic E-state index is 12.3. The third-order valence-electron chi connectivity index (χ3n) is 2.83. The Kier molecular flexibility index (Phi) is 4.39. The van der Waals surface area contributed by atoms with Crippen molar-refractivity contribution in [2.24, 2.45) is 0 Å². The van der Waals surface area contributed by atoms with Crippen LogP contribution in [-0.4, -0.2) is 16.6 Å². The number of aryl methyl sites for hydroxylation is 1. The van der Waals surface area contributed by atoms with Crippen LogP contribution in [-0.2, 0) is 11.2 Å². The first kappa shape index (κ1) is 16.0. The molecule has 0 spiro atoms. The normalized spacial score (nSPS) is 11.7. The van der Waals surface area contributed by atoms with Crippen LogP contribution in [0.5, 0.6) is 0 Å². The molecule has 0 aliphatic heterocycles. The number of rotatable bonds is 3. The summed E-state index contributed by atoms with van der Waals surface area (Å²) in [6, 6.07) is 0. The molecule has 0 aromatic carbocycles. The molecule has 0 aliphatic rings. The monoisotopic (exact) mass is 324 g/mol. The van der Waals surface area contributed by atoms with E-state index in [1.54, 1.807) is 11.3 Å². The van der Waals surface area contributed by atoms with Gasteiger partial charge >= 0.3 is 5.97 Å². The van der Waals surface area contributed by atoms with Gasteiger partial charge in [0.05, 0.1) is 20.4 Å². The van der Waals surface area contributed by atoms with Crippen LogP contribution in [0.4, 0.5) is 5.69 Å². The van der Waals surface area contributed by atoms with Gasteiger partial charge in [0.25, 0.3) is 0 Å². The molecule has 2 rings (SSSR count). The van der Waals surface area contributed by atoms with Gasteiger partial charge in [-0.15, -0.1) is 22.7 Å². The number of nitrogens with zero attached hydrogens (tertiary/aromatic N) is 1. The van der Waals surface area contributed by atoms with Gasteiger partial charge in [0.15, 0.2) is 0 Å². The van der Waals surface area contributed by atoms with Crippen LogP contribution in [0.15, 0.2) is 6.20 Å². The summed E-state index contributed by atoms with van der Waals surface area (Å²) in [5, 5.41) is 0.998. The van der Waals surface area contributed by atoms with Crippen molar-refractivity contribution in [1.29, 1.82) is 0 Å². The number of anilines is 1. The van der Waals surface area contributed by atoms with Gasteiger partial charge in [-0.05, 0) is 39.7 Å². The zero-order valence-corrected chi connectivity index (χ0v) is 14.6. The minimum Gasteiger partial charge on any atom is -0.456 e. The van der Waals surface area contributed by atoms with E-state index in [1.165, 1.54) is 11.3 Å². The van der Waals surface area contributed by atoms with Gasteiger partial charge in [-0.3, -0.25) is 0 Å². The summed E-state index contributed by atoms with van der Waals surface area (Å²) >= 11 is 3.01. The predicted octanol–water partition coefficient (Wildman–Crippen LogP) is 4.28. The molecule has 2 N–H and O–H groups in total. The second-order valence-electron chi connectivity index (χ2n) is 5.75. The third-order valence-corrected chi connectivity index (χ3v) is 5.15. The van der Waals surface area contributed by atoms with E-state index in [0.29, 0.717) is 10.6 Å². The van der Waals surface area contributed by atoms with Crippen molar-refractivity contribution in [2.75, 3.05) is 5.73 Å². The van der Waals surface area contributed by atoms with Gasteiger partial charge in [-0.1, -0.05) is 6.92 Å². The number of hydrogen-bond donors (Lipinski definition) is 1. The number of carbonyl (C=O) groups excluding carboxylic acids is 1. The Hall–Kier alpha value is -1.40. The molecule has 21 heavy (non-hydrogen) atoms. The second-order valence-corrected chi connectivity index (χ2v) is 8.01. The quantitative estimate of drug-likeness (QED) is 0.856. The highest BCUT2D eigenvalue weighted by Gasteiger charge is 2.26. The highest BCUT2D eigenvalue weighted by molar-refractivity contribution is 7.23. The van der Waals surface area contributed by atoms with Crippen molar-refractivity contribution in [1.82, 2.24) is 4.98 Å². The Morgan fingerprint density at radius 2 is 2.05 bits per heavy atom. The predicted molar refractivity (Wildman–Crippen MR) is 89.1 cm³/mol. The lowest BCUT2D eigenvalue weighted by Crippen LogP contribution is -2.23. The molecule has 0 bridgehead atoms. The molecule has 0 saturated heterocycles. The number of ether oxygens (including phenoxy) is 1. The summed E-state index contributed by atoms with van der Waals surface area (Å²) in [5.41, 5.74) is 7.19. The fourth-order valence-electron chi connectivity index (χ4n) is 1.97. The molecular formula is C15H20N2O2S2. The number of thiazole rings is 1. The lowest BCUT2D eigenvalue weighted by molar-refractivity contribution is 0.00763. The number of thiophene rings is 1. The van der Waals surface area contributed by atoms with Crippen molar-refractivity contribution in [2.45, 2.75) is 46.6 Å². The zero-order valence-electron chi connectivity index (χ0n) is 12.9. The first-order valence-corrected chi connectivity index (χ1v) is 8.43. The minimum absolute atomic E-state index is 0.354. The lowest BCUT2D eigenvalue weighted by atomic mass is 10.1. The molecule has 2 aromatic heterocycles. The molecule has 0 saturated carbocycles. The molecule has 0 aliphatic carbocycles. The van der Waals surface area contributed by atoms with E-state index in [-0.39, 0.29) is 5.97 Å². The highest BCUT2D eigenvalue weighted by atomic mass is 32.1. The van der Waals surface area contributed by atoms with Crippen LogP contribution in [0, 0.1) is 6.92 Å². The molecule has 4 nitrogen and oxygen atoms in total. The number of nitrogen functional groups attached to an aromatic ring is 1. The Balaban J connectivity index is 2.45. The van der Waals surface area contributed by atoms with Gasteiger partial charge in [0.2, 0.25) is 0 Å². The van der Waals surface area contributed by atoms with Crippen LogP contribution in [0.3, 0.4) is 0 Å². The molecule has 2 aromatic rings. The number of hydrogen-bond acceptors (Lipinski definition) is 6. The first-order valence-electron chi connectivity index (χ1n) is 6.80. The SMILES string of the molecule is CCc1c(-c2cnc(C)s2)sc(C(=O)OC(C)(C)C)c1N. The van der Waals surface area contributed by atoms with Gasteiger partial charge < -0.3 is 10.5 Å². The molecule has 0 atom stereocenters. The minimum atomic E-state index is -0.527. The van der Waals surface area contributed by atoms with E-state index in [4.69, 9.17) is 10.5 Å². The van der Waals surface area contributed by atoms with Crippen molar-refractivity contribution in [3.05, 3.63) is 21.6 Å². The van der Waals surface area contributed by atoms with Crippen LogP contribution in [0.25, 0.3) is 9.75 Å². The summed E-state index contributed by atoms with van der Waals surface area (Å²) < 4.78 is 5.44. The molecule has 0 radical (unpaired) electrons. The smallest absolute Gasteiger partial charge is 0.351 e. The lowest BCUT2D eigenvalue weighted by Gasteiger charge is -2.19. The van der Waals surface area contributed by atoms with E-state index in [1.807, 2.05) is 40.8 Å². The molecule has 0 fully saturated rings.